The number of methoxy groups -OCH3 is 1. The number of nitrogens with two attached hydrogens (primary N) is 2. The summed E-state index contributed by atoms with van der Waals surface area (Å²) < 4.78 is 10.9. The minimum atomic E-state index is -0.137. The predicted octanol–water partition coefficient (Wildman–Crippen LogP) is 3.61. The van der Waals surface area contributed by atoms with Gasteiger partial charge in [0, 0.05) is 11.1 Å². The van der Waals surface area contributed by atoms with Crippen LogP contribution in [0.4, 0.5) is 0 Å². The zero-order valence-electron chi connectivity index (χ0n) is 13.3. The Morgan fingerprint density at radius 2 is 1.76 bits per heavy atom. The van der Waals surface area contributed by atoms with Gasteiger partial charge in [0.25, 0.3) is 0 Å². The number of nitrogens with zero attached hydrogens (tertiary/aromatic N) is 2. The molecular weight excluding hydrogens is 387 g/mol. The molecule has 0 heterocycles. The zero-order chi connectivity index (χ0) is 17.5. The summed E-state index contributed by atoms with van der Waals surface area (Å²) in [6, 6.07) is 10.8. The van der Waals surface area contributed by atoms with E-state index in [2.05, 4.69) is 10.2 Å². The molecule has 0 atom stereocenters. The van der Waals surface area contributed by atoms with Crippen LogP contribution in [-0.4, -0.2) is 19.3 Å². The quantitative estimate of drug-likeness (QED) is 0.437. The topological polar surface area (TPSA) is 95.2 Å². The maximum Gasteiger partial charge on any atom is 0.211 e. The molecule has 0 aliphatic heterocycles. The van der Waals surface area contributed by atoms with Crippen molar-refractivity contribution in [3.05, 3.63) is 57.6 Å². The molecule has 0 saturated heterocycles. The Hall–Kier alpha value is -2.15. The lowest BCUT2D eigenvalue weighted by Crippen LogP contribution is -2.21. The van der Waals surface area contributed by atoms with E-state index in [9.17, 15) is 0 Å². The largest absolute Gasteiger partial charge is 0.495 e. The zero-order valence-corrected chi connectivity index (χ0v) is 15.6. The van der Waals surface area contributed by atoms with Crippen LogP contribution in [-0.2, 0) is 6.61 Å². The van der Waals surface area contributed by atoms with E-state index in [0.717, 1.165) is 5.56 Å². The summed E-state index contributed by atoms with van der Waals surface area (Å²) in [7, 11) is 1.56. The standard InChI is InChI=1S/C16H16Cl2N4O2.ClH/c1-23-12-6-3-5-11(15(12)18)9-24-13-7-2-4-10(14(13)17)8-21-22-16(19)20;/h2-8H,9H2,1H3,(H4,19,20,22);1H/b21-8+;. The Balaban J connectivity index is 0.00000312. The molecule has 0 fully saturated rings. The van der Waals surface area contributed by atoms with Gasteiger partial charge in [0.05, 0.1) is 23.4 Å². The number of benzene rings is 2. The van der Waals surface area contributed by atoms with E-state index in [1.165, 1.54) is 6.21 Å². The first-order chi connectivity index (χ1) is 11.5. The Morgan fingerprint density at radius 1 is 1.08 bits per heavy atom. The Morgan fingerprint density at radius 3 is 2.44 bits per heavy atom. The van der Waals surface area contributed by atoms with Crippen molar-refractivity contribution in [2.75, 3.05) is 7.11 Å². The smallest absolute Gasteiger partial charge is 0.211 e. The molecular formula is C16H17Cl3N4O2. The normalized spacial score (nSPS) is 10.2. The number of rotatable bonds is 6. The van der Waals surface area contributed by atoms with E-state index in [1.807, 2.05) is 12.1 Å². The van der Waals surface area contributed by atoms with Crippen LogP contribution in [0.2, 0.25) is 10.0 Å². The maximum atomic E-state index is 6.30. The molecule has 0 unspecified atom stereocenters. The maximum absolute atomic E-state index is 6.30. The van der Waals surface area contributed by atoms with Crippen molar-refractivity contribution in [2.45, 2.75) is 6.61 Å². The molecule has 0 aliphatic carbocycles. The number of hydrogen-bond donors (Lipinski definition) is 2. The number of ether oxygens (including phenoxy) is 2. The second-order valence-corrected chi connectivity index (χ2v) is 5.41. The van der Waals surface area contributed by atoms with Crippen LogP contribution in [0, 0.1) is 0 Å². The van der Waals surface area contributed by atoms with Crippen molar-refractivity contribution < 1.29 is 9.47 Å². The fourth-order valence-electron chi connectivity index (χ4n) is 1.88. The van der Waals surface area contributed by atoms with E-state index < -0.39 is 0 Å². The third-order valence-electron chi connectivity index (χ3n) is 3.01. The minimum Gasteiger partial charge on any atom is -0.495 e. The monoisotopic (exact) mass is 402 g/mol. The summed E-state index contributed by atoms with van der Waals surface area (Å²) in [6.45, 7) is 0.240. The summed E-state index contributed by atoms with van der Waals surface area (Å²) in [4.78, 5) is 0. The van der Waals surface area contributed by atoms with Gasteiger partial charge in [-0.3, -0.25) is 0 Å². The molecule has 0 aromatic heterocycles. The summed E-state index contributed by atoms with van der Waals surface area (Å²) in [5.41, 5.74) is 11.8. The van der Waals surface area contributed by atoms with Crippen LogP contribution in [0.15, 0.2) is 46.6 Å². The third kappa shape index (κ3) is 5.70. The lowest BCUT2D eigenvalue weighted by Gasteiger charge is -2.12. The van der Waals surface area contributed by atoms with Gasteiger partial charge in [-0.15, -0.1) is 17.5 Å². The van der Waals surface area contributed by atoms with Crippen molar-refractivity contribution >= 4 is 47.8 Å². The highest BCUT2D eigenvalue weighted by atomic mass is 35.5. The molecule has 0 spiro atoms. The van der Waals surface area contributed by atoms with E-state index in [-0.39, 0.29) is 25.0 Å². The van der Waals surface area contributed by atoms with Crippen molar-refractivity contribution in [1.82, 2.24) is 0 Å². The highest BCUT2D eigenvalue weighted by molar-refractivity contribution is 6.34. The fourth-order valence-corrected chi connectivity index (χ4v) is 2.36. The van der Waals surface area contributed by atoms with E-state index in [4.69, 9.17) is 44.1 Å². The van der Waals surface area contributed by atoms with Gasteiger partial charge in [0.1, 0.15) is 18.1 Å². The molecule has 0 amide bonds. The summed E-state index contributed by atoms with van der Waals surface area (Å²) in [6.07, 6.45) is 1.44. The van der Waals surface area contributed by atoms with E-state index >= 15 is 0 Å². The van der Waals surface area contributed by atoms with E-state index in [1.54, 1.807) is 31.4 Å². The average molecular weight is 404 g/mol. The van der Waals surface area contributed by atoms with Gasteiger partial charge in [0.2, 0.25) is 5.96 Å². The van der Waals surface area contributed by atoms with Crippen LogP contribution in [0.25, 0.3) is 0 Å². The van der Waals surface area contributed by atoms with Gasteiger partial charge in [0.15, 0.2) is 0 Å². The molecule has 25 heavy (non-hydrogen) atoms. The summed E-state index contributed by atoms with van der Waals surface area (Å²) in [5.74, 6) is 0.939. The molecule has 2 aromatic rings. The minimum absolute atomic E-state index is 0. The second-order valence-electron chi connectivity index (χ2n) is 4.65. The number of halogens is 3. The van der Waals surface area contributed by atoms with Crippen molar-refractivity contribution in [2.24, 2.45) is 21.7 Å². The summed E-state index contributed by atoms with van der Waals surface area (Å²) in [5, 5.41) is 8.16. The molecule has 0 radical (unpaired) electrons. The van der Waals surface area contributed by atoms with Crippen LogP contribution < -0.4 is 20.9 Å². The Labute approximate surface area is 161 Å². The van der Waals surface area contributed by atoms with Gasteiger partial charge in [-0.1, -0.05) is 47.5 Å². The Bertz CT molecular complexity index is 778. The second kappa shape index (κ2) is 9.98. The van der Waals surface area contributed by atoms with Crippen molar-refractivity contribution in [1.29, 1.82) is 0 Å². The predicted molar refractivity (Wildman–Crippen MR) is 104 cm³/mol. The van der Waals surface area contributed by atoms with Crippen LogP contribution >= 0.6 is 35.6 Å². The molecule has 2 rings (SSSR count). The van der Waals surface area contributed by atoms with Crippen LogP contribution in [0.3, 0.4) is 0 Å². The van der Waals surface area contributed by atoms with Gasteiger partial charge < -0.3 is 20.9 Å². The first kappa shape index (κ1) is 20.9. The van der Waals surface area contributed by atoms with Crippen LogP contribution in [0.5, 0.6) is 11.5 Å². The highest BCUT2D eigenvalue weighted by Gasteiger charge is 2.10. The van der Waals surface area contributed by atoms with E-state index in [0.29, 0.717) is 27.1 Å². The molecule has 4 N–H and O–H groups in total. The summed E-state index contributed by atoms with van der Waals surface area (Å²) >= 11 is 12.6. The molecule has 0 aliphatic rings. The molecule has 6 nitrogen and oxygen atoms in total. The first-order valence-electron chi connectivity index (χ1n) is 6.87. The number of hydrogen-bond acceptors (Lipinski definition) is 4. The lowest BCUT2D eigenvalue weighted by atomic mass is 10.2. The highest BCUT2D eigenvalue weighted by Crippen LogP contribution is 2.31. The molecule has 0 bridgehead atoms. The van der Waals surface area contributed by atoms with Crippen molar-refractivity contribution in [3.63, 3.8) is 0 Å². The average Bonchev–Trinajstić information content (AvgIpc) is 2.56. The third-order valence-corrected chi connectivity index (χ3v) is 3.84. The lowest BCUT2D eigenvalue weighted by molar-refractivity contribution is 0.305. The van der Waals surface area contributed by atoms with Gasteiger partial charge in [-0.25, -0.2) is 0 Å². The molecule has 134 valence electrons. The molecule has 2 aromatic carbocycles. The Kier molecular flexibility index (Phi) is 8.34. The van der Waals surface area contributed by atoms with Gasteiger partial charge in [-0.2, -0.15) is 5.10 Å². The van der Waals surface area contributed by atoms with Gasteiger partial charge >= 0.3 is 0 Å². The molecule has 9 heteroatoms. The number of guanidine groups is 1. The molecule has 0 saturated carbocycles. The first-order valence-corrected chi connectivity index (χ1v) is 7.63. The fraction of sp³-hybridized carbons (Fsp3) is 0.125. The van der Waals surface area contributed by atoms with Crippen molar-refractivity contribution in [3.8, 4) is 11.5 Å². The van der Waals surface area contributed by atoms with Crippen LogP contribution in [0.1, 0.15) is 11.1 Å². The SMILES string of the molecule is COc1cccc(COc2cccc(/C=N/N=C(N)N)c2Cl)c1Cl.Cl. The van der Waals surface area contributed by atoms with Gasteiger partial charge in [-0.05, 0) is 12.1 Å².